The van der Waals surface area contributed by atoms with Gasteiger partial charge in [0, 0.05) is 11.3 Å². The number of fused-ring (bicyclic) bond motifs is 2. The molecule has 0 spiro atoms. The lowest BCUT2D eigenvalue weighted by Gasteiger charge is -2.06. The van der Waals surface area contributed by atoms with E-state index in [1.165, 1.54) is 11.5 Å². The lowest BCUT2D eigenvalue weighted by atomic mass is 10.1. The van der Waals surface area contributed by atoms with Crippen molar-refractivity contribution in [3.8, 4) is 0 Å². The van der Waals surface area contributed by atoms with Gasteiger partial charge in [-0.1, -0.05) is 34.8 Å². The average molecular weight is 305 g/mol. The molecular formula is C17H11N3OS. The van der Waals surface area contributed by atoms with Crippen LogP contribution in [0.5, 0.6) is 0 Å². The van der Waals surface area contributed by atoms with E-state index in [9.17, 15) is 4.79 Å². The molecule has 1 heterocycles. The number of hydrogen-bond donors (Lipinski definition) is 1. The maximum absolute atomic E-state index is 12.4. The van der Waals surface area contributed by atoms with Crippen molar-refractivity contribution >= 4 is 44.1 Å². The van der Waals surface area contributed by atoms with Crippen LogP contribution in [0, 0.1) is 0 Å². The van der Waals surface area contributed by atoms with E-state index >= 15 is 0 Å². The van der Waals surface area contributed by atoms with Crippen molar-refractivity contribution in [3.63, 3.8) is 0 Å². The fourth-order valence-corrected chi connectivity index (χ4v) is 2.93. The molecule has 5 heteroatoms. The summed E-state index contributed by atoms with van der Waals surface area (Å²) >= 11 is 1.32. The fraction of sp³-hybridized carbons (Fsp3) is 0. The van der Waals surface area contributed by atoms with Gasteiger partial charge in [-0.05, 0) is 52.6 Å². The van der Waals surface area contributed by atoms with Gasteiger partial charge in [-0.2, -0.15) is 0 Å². The van der Waals surface area contributed by atoms with Gasteiger partial charge in [0.05, 0.1) is 4.70 Å². The normalized spacial score (nSPS) is 10.9. The van der Waals surface area contributed by atoms with Crippen LogP contribution < -0.4 is 5.32 Å². The molecule has 0 atom stereocenters. The summed E-state index contributed by atoms with van der Waals surface area (Å²) in [4.78, 5) is 12.4. The Balaban J connectivity index is 1.64. The van der Waals surface area contributed by atoms with E-state index in [1.807, 2.05) is 48.5 Å². The van der Waals surface area contributed by atoms with Crippen molar-refractivity contribution in [3.05, 3.63) is 66.2 Å². The molecule has 1 N–H and O–H groups in total. The number of benzene rings is 3. The lowest BCUT2D eigenvalue weighted by Crippen LogP contribution is -2.11. The molecule has 0 aliphatic rings. The highest BCUT2D eigenvalue weighted by atomic mass is 32.1. The van der Waals surface area contributed by atoms with Gasteiger partial charge in [-0.25, -0.2) is 0 Å². The molecule has 0 aliphatic heterocycles. The van der Waals surface area contributed by atoms with Crippen molar-refractivity contribution in [1.29, 1.82) is 0 Å². The fourth-order valence-electron chi connectivity index (χ4n) is 2.39. The Hall–Kier alpha value is -2.79. The minimum absolute atomic E-state index is 0.148. The molecular weight excluding hydrogens is 294 g/mol. The molecule has 22 heavy (non-hydrogen) atoms. The first-order chi connectivity index (χ1) is 10.8. The minimum atomic E-state index is -0.148. The zero-order valence-corrected chi connectivity index (χ0v) is 12.3. The largest absolute Gasteiger partial charge is 0.322 e. The van der Waals surface area contributed by atoms with Crippen LogP contribution >= 0.6 is 11.5 Å². The second-order valence-electron chi connectivity index (χ2n) is 4.97. The Labute approximate surface area is 130 Å². The van der Waals surface area contributed by atoms with E-state index in [4.69, 9.17) is 0 Å². The summed E-state index contributed by atoms with van der Waals surface area (Å²) in [7, 11) is 0. The van der Waals surface area contributed by atoms with Crippen LogP contribution in [0.3, 0.4) is 0 Å². The van der Waals surface area contributed by atoms with Crippen molar-refractivity contribution in [2.24, 2.45) is 0 Å². The first-order valence-electron chi connectivity index (χ1n) is 6.82. The predicted molar refractivity (Wildman–Crippen MR) is 89.3 cm³/mol. The third-order valence-electron chi connectivity index (χ3n) is 3.52. The standard InChI is InChI=1S/C17H11N3OS/c21-17(13-6-8-16-15(10-13)19-20-22-16)18-14-7-5-11-3-1-2-4-12(11)9-14/h1-10H,(H,18,21). The van der Waals surface area contributed by atoms with E-state index in [2.05, 4.69) is 14.9 Å². The topological polar surface area (TPSA) is 54.9 Å². The number of anilines is 1. The van der Waals surface area contributed by atoms with Crippen LogP contribution in [0.1, 0.15) is 10.4 Å². The van der Waals surface area contributed by atoms with Gasteiger partial charge in [0.1, 0.15) is 5.52 Å². The van der Waals surface area contributed by atoms with Crippen molar-refractivity contribution < 1.29 is 4.79 Å². The lowest BCUT2D eigenvalue weighted by molar-refractivity contribution is 0.102. The number of amides is 1. The number of nitrogens with zero attached hydrogens (tertiary/aromatic N) is 2. The van der Waals surface area contributed by atoms with Crippen LogP contribution in [0.2, 0.25) is 0 Å². The number of carbonyl (C=O) groups excluding carboxylic acids is 1. The highest BCUT2D eigenvalue weighted by Crippen LogP contribution is 2.21. The van der Waals surface area contributed by atoms with Crippen LogP contribution in [-0.4, -0.2) is 15.5 Å². The Morgan fingerprint density at radius 2 is 1.82 bits per heavy atom. The van der Waals surface area contributed by atoms with Gasteiger partial charge >= 0.3 is 0 Å². The Kier molecular flexibility index (Phi) is 3.05. The van der Waals surface area contributed by atoms with Crippen LogP contribution in [0.4, 0.5) is 5.69 Å². The predicted octanol–water partition coefficient (Wildman–Crippen LogP) is 4.10. The molecule has 4 rings (SSSR count). The summed E-state index contributed by atoms with van der Waals surface area (Å²) in [5.41, 5.74) is 2.10. The summed E-state index contributed by atoms with van der Waals surface area (Å²) in [5.74, 6) is -0.148. The molecule has 3 aromatic carbocycles. The zero-order valence-electron chi connectivity index (χ0n) is 11.5. The summed E-state index contributed by atoms with van der Waals surface area (Å²) in [5, 5.41) is 9.17. The van der Waals surface area contributed by atoms with Crippen molar-refractivity contribution in [2.75, 3.05) is 5.32 Å². The monoisotopic (exact) mass is 305 g/mol. The molecule has 1 aromatic heterocycles. The number of rotatable bonds is 2. The molecule has 0 fully saturated rings. The van der Waals surface area contributed by atoms with Gasteiger partial charge in [-0.3, -0.25) is 4.79 Å². The van der Waals surface area contributed by atoms with Gasteiger partial charge in [0.25, 0.3) is 5.91 Å². The van der Waals surface area contributed by atoms with Gasteiger partial charge < -0.3 is 5.32 Å². The molecule has 0 saturated carbocycles. The summed E-state index contributed by atoms with van der Waals surface area (Å²) in [6.07, 6.45) is 0. The number of nitrogens with one attached hydrogen (secondary N) is 1. The molecule has 1 amide bonds. The average Bonchev–Trinajstić information content (AvgIpc) is 3.02. The van der Waals surface area contributed by atoms with Gasteiger partial charge in [0.15, 0.2) is 0 Å². The molecule has 106 valence electrons. The summed E-state index contributed by atoms with van der Waals surface area (Å²) in [6, 6.07) is 19.3. The highest BCUT2D eigenvalue weighted by molar-refractivity contribution is 7.12. The van der Waals surface area contributed by atoms with Crippen molar-refractivity contribution in [1.82, 2.24) is 9.59 Å². The third kappa shape index (κ3) is 2.31. The van der Waals surface area contributed by atoms with E-state index in [0.717, 1.165) is 26.7 Å². The van der Waals surface area contributed by atoms with E-state index < -0.39 is 0 Å². The van der Waals surface area contributed by atoms with E-state index in [-0.39, 0.29) is 5.91 Å². The van der Waals surface area contributed by atoms with Gasteiger partial charge in [-0.15, -0.1) is 5.10 Å². The smallest absolute Gasteiger partial charge is 0.255 e. The van der Waals surface area contributed by atoms with Gasteiger partial charge in [0.2, 0.25) is 0 Å². The maximum atomic E-state index is 12.4. The third-order valence-corrected chi connectivity index (χ3v) is 4.22. The van der Waals surface area contributed by atoms with E-state index in [0.29, 0.717) is 5.56 Å². The number of aromatic nitrogens is 2. The van der Waals surface area contributed by atoms with E-state index in [1.54, 1.807) is 12.1 Å². The maximum Gasteiger partial charge on any atom is 0.255 e. The minimum Gasteiger partial charge on any atom is -0.322 e. The second kappa shape index (κ2) is 5.20. The molecule has 0 aliphatic carbocycles. The molecule has 4 nitrogen and oxygen atoms in total. The molecule has 0 unspecified atom stereocenters. The quantitative estimate of drug-likeness (QED) is 0.606. The summed E-state index contributed by atoms with van der Waals surface area (Å²) in [6.45, 7) is 0. The highest BCUT2D eigenvalue weighted by Gasteiger charge is 2.09. The first-order valence-corrected chi connectivity index (χ1v) is 7.59. The van der Waals surface area contributed by atoms with Crippen LogP contribution in [0.15, 0.2) is 60.7 Å². The number of hydrogen-bond acceptors (Lipinski definition) is 4. The van der Waals surface area contributed by atoms with Crippen molar-refractivity contribution in [2.45, 2.75) is 0 Å². The summed E-state index contributed by atoms with van der Waals surface area (Å²) < 4.78 is 4.85. The van der Waals surface area contributed by atoms with Crippen LogP contribution in [-0.2, 0) is 0 Å². The molecule has 0 radical (unpaired) electrons. The Bertz CT molecular complexity index is 993. The second-order valence-corrected chi connectivity index (χ2v) is 5.76. The Morgan fingerprint density at radius 1 is 0.955 bits per heavy atom. The zero-order chi connectivity index (χ0) is 14.9. The Morgan fingerprint density at radius 3 is 2.73 bits per heavy atom. The van der Waals surface area contributed by atoms with Crippen LogP contribution in [0.25, 0.3) is 21.0 Å². The molecule has 4 aromatic rings. The molecule has 0 bridgehead atoms. The first kappa shape index (κ1) is 12.9. The molecule has 0 saturated heterocycles. The SMILES string of the molecule is O=C(Nc1ccc2ccccc2c1)c1ccc2snnc2c1. The number of carbonyl (C=O) groups is 1.